The SMILES string of the molecule is CC(C)(O)c1ccnc(-c2cnc(N3CC4(COC4)c4ccc(C=O)cc43)nc2)c1. The summed E-state index contributed by atoms with van der Waals surface area (Å²) >= 11 is 0. The Bertz CT molecular complexity index is 1120. The van der Waals surface area contributed by atoms with Crippen LogP contribution in [0.15, 0.2) is 48.9 Å². The molecule has 0 bridgehead atoms. The fourth-order valence-corrected chi connectivity index (χ4v) is 4.10. The van der Waals surface area contributed by atoms with Crippen LogP contribution in [0.2, 0.25) is 0 Å². The number of ether oxygens (including phenoxy) is 1. The van der Waals surface area contributed by atoms with E-state index in [2.05, 4.69) is 19.9 Å². The molecule has 1 spiro atoms. The van der Waals surface area contributed by atoms with Gasteiger partial charge in [-0.05, 0) is 43.2 Å². The molecule has 30 heavy (non-hydrogen) atoms. The van der Waals surface area contributed by atoms with Crippen LogP contribution >= 0.6 is 0 Å². The Morgan fingerprint density at radius 1 is 1.13 bits per heavy atom. The Balaban J connectivity index is 1.49. The van der Waals surface area contributed by atoms with Gasteiger partial charge in [-0.1, -0.05) is 12.1 Å². The van der Waals surface area contributed by atoms with E-state index in [1.54, 1.807) is 38.5 Å². The average Bonchev–Trinajstić information content (AvgIpc) is 3.08. The van der Waals surface area contributed by atoms with Gasteiger partial charge in [-0.2, -0.15) is 0 Å². The Morgan fingerprint density at radius 2 is 1.90 bits per heavy atom. The lowest BCUT2D eigenvalue weighted by Crippen LogP contribution is -2.49. The number of fused-ring (bicyclic) bond motifs is 2. The fourth-order valence-electron chi connectivity index (χ4n) is 4.10. The highest BCUT2D eigenvalue weighted by Crippen LogP contribution is 2.47. The maximum Gasteiger partial charge on any atom is 0.229 e. The van der Waals surface area contributed by atoms with Crippen molar-refractivity contribution in [3.05, 3.63) is 65.6 Å². The zero-order chi connectivity index (χ0) is 20.9. The van der Waals surface area contributed by atoms with Crippen LogP contribution in [0.4, 0.5) is 11.6 Å². The van der Waals surface area contributed by atoms with Crippen LogP contribution in [0.25, 0.3) is 11.3 Å². The van der Waals surface area contributed by atoms with Gasteiger partial charge in [-0.15, -0.1) is 0 Å². The number of rotatable bonds is 4. The number of nitrogens with zero attached hydrogens (tertiary/aromatic N) is 4. The average molecular weight is 402 g/mol. The molecule has 1 N–H and O–H groups in total. The second-order valence-electron chi connectivity index (χ2n) is 8.51. The summed E-state index contributed by atoms with van der Waals surface area (Å²) in [4.78, 5) is 26.9. The zero-order valence-corrected chi connectivity index (χ0v) is 16.9. The number of benzene rings is 1. The van der Waals surface area contributed by atoms with E-state index in [0.717, 1.165) is 29.6 Å². The van der Waals surface area contributed by atoms with Gasteiger partial charge in [0.25, 0.3) is 0 Å². The molecule has 2 aromatic heterocycles. The highest BCUT2D eigenvalue weighted by atomic mass is 16.5. The first-order valence-electron chi connectivity index (χ1n) is 9.86. The van der Waals surface area contributed by atoms with Crippen LogP contribution in [0.5, 0.6) is 0 Å². The summed E-state index contributed by atoms with van der Waals surface area (Å²) in [5.41, 5.74) is 3.99. The molecule has 0 radical (unpaired) electrons. The van der Waals surface area contributed by atoms with Gasteiger partial charge >= 0.3 is 0 Å². The van der Waals surface area contributed by atoms with Crippen molar-refractivity contribution in [3.8, 4) is 11.3 Å². The van der Waals surface area contributed by atoms with Crippen LogP contribution < -0.4 is 4.90 Å². The van der Waals surface area contributed by atoms with Crippen LogP contribution in [0.1, 0.15) is 35.3 Å². The highest BCUT2D eigenvalue weighted by Gasteiger charge is 2.49. The molecule has 0 unspecified atom stereocenters. The van der Waals surface area contributed by atoms with Gasteiger partial charge in [-0.25, -0.2) is 9.97 Å². The van der Waals surface area contributed by atoms with Crippen LogP contribution in [-0.4, -0.2) is 46.1 Å². The lowest BCUT2D eigenvalue weighted by atomic mass is 9.80. The van der Waals surface area contributed by atoms with Gasteiger partial charge in [0.2, 0.25) is 5.95 Å². The highest BCUT2D eigenvalue weighted by molar-refractivity contribution is 5.81. The first-order chi connectivity index (χ1) is 14.4. The molecule has 1 saturated heterocycles. The van der Waals surface area contributed by atoms with Gasteiger partial charge in [0.1, 0.15) is 6.29 Å². The second kappa shape index (κ2) is 6.68. The summed E-state index contributed by atoms with van der Waals surface area (Å²) in [6, 6.07) is 9.40. The van der Waals surface area contributed by atoms with Crippen molar-refractivity contribution in [2.24, 2.45) is 0 Å². The Kier molecular flexibility index (Phi) is 4.20. The molecule has 2 aliphatic rings. The van der Waals surface area contributed by atoms with Crippen molar-refractivity contribution in [3.63, 3.8) is 0 Å². The Labute approximate surface area is 174 Å². The van der Waals surface area contributed by atoms with Crippen molar-refractivity contribution in [2.75, 3.05) is 24.7 Å². The van der Waals surface area contributed by atoms with Gasteiger partial charge < -0.3 is 14.7 Å². The zero-order valence-electron chi connectivity index (χ0n) is 16.9. The first kappa shape index (κ1) is 18.8. The molecule has 0 atom stereocenters. The minimum Gasteiger partial charge on any atom is -0.386 e. The summed E-state index contributed by atoms with van der Waals surface area (Å²) in [6.07, 6.45) is 6.01. The third-order valence-electron chi connectivity index (χ3n) is 5.88. The summed E-state index contributed by atoms with van der Waals surface area (Å²) < 4.78 is 5.51. The molecule has 1 fully saturated rings. The number of aldehydes is 1. The summed E-state index contributed by atoms with van der Waals surface area (Å²) in [5.74, 6) is 0.575. The number of carbonyl (C=O) groups excluding carboxylic acids is 1. The molecule has 7 nitrogen and oxygen atoms in total. The molecule has 4 heterocycles. The predicted octanol–water partition coefficient (Wildman–Crippen LogP) is 3.00. The molecular weight excluding hydrogens is 380 g/mol. The van der Waals surface area contributed by atoms with Gasteiger partial charge in [0, 0.05) is 41.9 Å². The van der Waals surface area contributed by atoms with Crippen molar-refractivity contribution >= 4 is 17.9 Å². The van der Waals surface area contributed by atoms with E-state index >= 15 is 0 Å². The van der Waals surface area contributed by atoms with E-state index in [4.69, 9.17) is 4.74 Å². The molecule has 0 amide bonds. The van der Waals surface area contributed by atoms with E-state index in [1.807, 2.05) is 24.3 Å². The molecule has 0 saturated carbocycles. The minimum atomic E-state index is -0.951. The Hall–Kier alpha value is -3.16. The molecule has 7 heteroatoms. The van der Waals surface area contributed by atoms with Crippen molar-refractivity contribution in [1.82, 2.24) is 15.0 Å². The number of hydrogen-bond acceptors (Lipinski definition) is 7. The van der Waals surface area contributed by atoms with Crippen LogP contribution in [-0.2, 0) is 15.8 Å². The molecule has 2 aliphatic heterocycles. The summed E-state index contributed by atoms with van der Waals surface area (Å²) in [5, 5.41) is 10.3. The normalized spacial score (nSPS) is 17.0. The van der Waals surface area contributed by atoms with Gasteiger partial charge in [0.05, 0.1) is 29.9 Å². The molecule has 3 aromatic rings. The predicted molar refractivity (Wildman–Crippen MR) is 112 cm³/mol. The lowest BCUT2D eigenvalue weighted by Gasteiger charge is -2.38. The van der Waals surface area contributed by atoms with Crippen molar-refractivity contribution in [1.29, 1.82) is 0 Å². The lowest BCUT2D eigenvalue weighted by molar-refractivity contribution is -0.0507. The standard InChI is InChI=1S/C23H22N4O3/c1-22(2,29)17-5-6-24-19(8-17)16-9-25-21(26-10-16)27-12-23(13-30-14-23)18-4-3-15(11-28)7-20(18)27/h3-11,29H,12-14H2,1-2H3. The third-order valence-corrected chi connectivity index (χ3v) is 5.88. The molecule has 5 rings (SSSR count). The maximum absolute atomic E-state index is 11.3. The van der Waals surface area contributed by atoms with E-state index in [0.29, 0.717) is 30.4 Å². The summed E-state index contributed by atoms with van der Waals surface area (Å²) in [7, 11) is 0. The second-order valence-corrected chi connectivity index (χ2v) is 8.51. The molecule has 152 valence electrons. The maximum atomic E-state index is 11.3. The van der Waals surface area contributed by atoms with E-state index in [9.17, 15) is 9.90 Å². The largest absolute Gasteiger partial charge is 0.386 e. The number of hydrogen-bond donors (Lipinski definition) is 1. The fraction of sp³-hybridized carbons (Fsp3) is 0.304. The Morgan fingerprint density at radius 3 is 2.53 bits per heavy atom. The molecule has 1 aromatic carbocycles. The number of anilines is 2. The monoisotopic (exact) mass is 402 g/mol. The van der Waals surface area contributed by atoms with Crippen molar-refractivity contribution < 1.29 is 14.6 Å². The van der Waals surface area contributed by atoms with E-state index in [1.165, 1.54) is 5.56 Å². The van der Waals surface area contributed by atoms with Gasteiger partial charge in [-0.3, -0.25) is 9.78 Å². The van der Waals surface area contributed by atoms with E-state index < -0.39 is 5.60 Å². The minimum absolute atomic E-state index is 0.0681. The van der Waals surface area contributed by atoms with Crippen molar-refractivity contribution in [2.45, 2.75) is 24.9 Å². The van der Waals surface area contributed by atoms with Gasteiger partial charge in [0.15, 0.2) is 0 Å². The third kappa shape index (κ3) is 2.98. The first-order valence-corrected chi connectivity index (χ1v) is 9.86. The molecule has 0 aliphatic carbocycles. The molecular formula is C23H22N4O3. The number of pyridine rings is 1. The number of aliphatic hydroxyl groups is 1. The number of aromatic nitrogens is 3. The topological polar surface area (TPSA) is 88.4 Å². The smallest absolute Gasteiger partial charge is 0.229 e. The summed E-state index contributed by atoms with van der Waals surface area (Å²) in [6.45, 7) is 5.51. The quantitative estimate of drug-likeness (QED) is 0.671. The van der Waals surface area contributed by atoms with E-state index in [-0.39, 0.29) is 5.41 Å². The van der Waals surface area contributed by atoms with Crippen LogP contribution in [0, 0.1) is 0 Å². The number of carbonyl (C=O) groups is 1. The van der Waals surface area contributed by atoms with Crippen LogP contribution in [0.3, 0.4) is 0 Å².